The number of benzene rings is 1. The molecule has 2 heterocycles. The van der Waals surface area contributed by atoms with Crippen LogP contribution in [0, 0.1) is 5.82 Å². The largest absolute Gasteiger partial charge is 0.382 e. The number of hydrogen-bond acceptors (Lipinski definition) is 7. The highest BCUT2D eigenvalue weighted by molar-refractivity contribution is 7.92. The highest BCUT2D eigenvalue weighted by Crippen LogP contribution is 2.35. The van der Waals surface area contributed by atoms with Crippen LogP contribution in [0.1, 0.15) is 23.7 Å². The SMILES string of the molecule is CCCS(=O)(=O)Nc1ccc(F)c(NC(=O)c2csc3c(N)ncnc23)c1Cl. The van der Waals surface area contributed by atoms with E-state index in [4.69, 9.17) is 17.3 Å². The summed E-state index contributed by atoms with van der Waals surface area (Å²) in [5.74, 6) is -1.38. The molecule has 3 rings (SSSR count). The third-order valence-electron chi connectivity index (χ3n) is 3.69. The molecule has 0 aliphatic rings. The predicted octanol–water partition coefficient (Wildman–Crippen LogP) is 3.47. The van der Waals surface area contributed by atoms with Gasteiger partial charge in [0.2, 0.25) is 10.0 Å². The topological polar surface area (TPSA) is 127 Å². The maximum absolute atomic E-state index is 14.3. The molecule has 0 aliphatic carbocycles. The maximum atomic E-state index is 14.3. The van der Waals surface area contributed by atoms with Crippen molar-refractivity contribution in [2.75, 3.05) is 21.5 Å². The Bertz CT molecular complexity index is 1170. The molecule has 0 unspecified atom stereocenters. The molecule has 2 aromatic heterocycles. The normalized spacial score (nSPS) is 11.5. The van der Waals surface area contributed by atoms with Crippen LogP contribution in [0.4, 0.5) is 21.6 Å². The van der Waals surface area contributed by atoms with Gasteiger partial charge in [-0.15, -0.1) is 11.3 Å². The molecule has 148 valence electrons. The van der Waals surface area contributed by atoms with Gasteiger partial charge in [0.05, 0.1) is 37.9 Å². The maximum Gasteiger partial charge on any atom is 0.258 e. The van der Waals surface area contributed by atoms with Gasteiger partial charge in [0.15, 0.2) is 0 Å². The van der Waals surface area contributed by atoms with E-state index in [-0.39, 0.29) is 33.5 Å². The van der Waals surface area contributed by atoms with Crippen molar-refractivity contribution in [1.82, 2.24) is 9.97 Å². The van der Waals surface area contributed by atoms with Gasteiger partial charge in [0.1, 0.15) is 18.0 Å². The Morgan fingerprint density at radius 2 is 2.11 bits per heavy atom. The number of sulfonamides is 1. The molecule has 12 heteroatoms. The van der Waals surface area contributed by atoms with E-state index in [0.717, 1.165) is 6.07 Å². The van der Waals surface area contributed by atoms with E-state index in [9.17, 15) is 17.6 Å². The Labute approximate surface area is 169 Å². The number of thiophene rings is 1. The Hall–Kier alpha value is -2.50. The van der Waals surface area contributed by atoms with E-state index in [0.29, 0.717) is 16.6 Å². The number of rotatable bonds is 6. The number of halogens is 2. The number of nitrogens with zero attached hydrogens (tertiary/aromatic N) is 2. The summed E-state index contributed by atoms with van der Waals surface area (Å²) in [6, 6.07) is 2.20. The molecular weight excluding hydrogens is 429 g/mol. The molecule has 3 aromatic rings. The number of hydrogen-bond donors (Lipinski definition) is 3. The summed E-state index contributed by atoms with van der Waals surface area (Å²) in [5, 5.41) is 3.63. The van der Waals surface area contributed by atoms with Gasteiger partial charge < -0.3 is 11.1 Å². The van der Waals surface area contributed by atoms with Gasteiger partial charge in [-0.25, -0.2) is 22.8 Å². The highest BCUT2D eigenvalue weighted by atomic mass is 35.5. The standard InChI is InChI=1S/C16H15ClFN5O3S2/c1-2-5-28(25,26)23-10-4-3-9(18)13(11(10)17)22-16(24)8-6-27-14-12(8)20-7-21-15(14)19/h3-4,6-7,23H,2,5H2,1H3,(H,22,24)(H2,19,20,21). The number of carbonyl (C=O) groups is 1. The average molecular weight is 444 g/mol. The Morgan fingerprint density at radius 3 is 2.82 bits per heavy atom. The summed E-state index contributed by atoms with van der Waals surface area (Å²) in [6.07, 6.45) is 1.62. The van der Waals surface area contributed by atoms with Crippen LogP contribution in [0.3, 0.4) is 0 Å². The Morgan fingerprint density at radius 1 is 1.36 bits per heavy atom. The van der Waals surface area contributed by atoms with E-state index < -0.39 is 21.7 Å². The fraction of sp³-hybridized carbons (Fsp3) is 0.188. The number of carbonyl (C=O) groups excluding carboxylic acids is 1. The second kappa shape index (κ2) is 7.86. The monoisotopic (exact) mass is 443 g/mol. The van der Waals surface area contributed by atoms with Crippen LogP contribution in [-0.2, 0) is 10.0 Å². The molecular formula is C16H15ClFN5O3S2. The van der Waals surface area contributed by atoms with E-state index in [2.05, 4.69) is 20.0 Å². The van der Waals surface area contributed by atoms with Crippen LogP contribution in [-0.4, -0.2) is 30.0 Å². The summed E-state index contributed by atoms with van der Waals surface area (Å²) in [7, 11) is -3.64. The molecule has 0 radical (unpaired) electrons. The minimum atomic E-state index is -3.64. The third-order valence-corrected chi connectivity index (χ3v) is 6.55. The lowest BCUT2D eigenvalue weighted by atomic mass is 10.2. The van der Waals surface area contributed by atoms with Crippen LogP contribution >= 0.6 is 22.9 Å². The minimum Gasteiger partial charge on any atom is -0.382 e. The quantitative estimate of drug-likeness (QED) is 0.535. The zero-order chi connectivity index (χ0) is 20.5. The summed E-state index contributed by atoms with van der Waals surface area (Å²) in [4.78, 5) is 20.5. The third kappa shape index (κ3) is 4.01. The van der Waals surface area contributed by atoms with E-state index in [1.165, 1.54) is 29.1 Å². The highest BCUT2D eigenvalue weighted by Gasteiger charge is 2.21. The predicted molar refractivity (Wildman–Crippen MR) is 109 cm³/mol. The van der Waals surface area contributed by atoms with Crippen molar-refractivity contribution in [3.63, 3.8) is 0 Å². The number of nitrogens with two attached hydrogens (primary N) is 1. The summed E-state index contributed by atoms with van der Waals surface area (Å²) < 4.78 is 41.0. The van der Waals surface area contributed by atoms with Crippen molar-refractivity contribution in [2.45, 2.75) is 13.3 Å². The number of nitrogen functional groups attached to an aromatic ring is 1. The molecule has 0 aliphatic heterocycles. The van der Waals surface area contributed by atoms with Gasteiger partial charge in [-0.1, -0.05) is 18.5 Å². The molecule has 0 atom stereocenters. The van der Waals surface area contributed by atoms with Crippen molar-refractivity contribution < 1.29 is 17.6 Å². The number of aromatic nitrogens is 2. The van der Waals surface area contributed by atoms with Crippen molar-refractivity contribution in [1.29, 1.82) is 0 Å². The van der Waals surface area contributed by atoms with Gasteiger partial charge in [0.25, 0.3) is 5.91 Å². The fourth-order valence-corrected chi connectivity index (χ4v) is 4.79. The van der Waals surface area contributed by atoms with E-state index in [1.54, 1.807) is 6.92 Å². The first-order valence-corrected chi connectivity index (χ1v) is 10.9. The van der Waals surface area contributed by atoms with Crippen molar-refractivity contribution >= 4 is 66.3 Å². The lowest BCUT2D eigenvalue weighted by molar-refractivity contribution is 0.102. The van der Waals surface area contributed by atoms with Crippen LogP contribution in [0.25, 0.3) is 10.2 Å². The average Bonchev–Trinajstić information content (AvgIpc) is 3.06. The Balaban J connectivity index is 1.94. The van der Waals surface area contributed by atoms with Gasteiger partial charge in [-0.3, -0.25) is 9.52 Å². The van der Waals surface area contributed by atoms with Crippen molar-refractivity contribution in [3.05, 3.63) is 40.2 Å². The number of fused-ring (bicyclic) bond motifs is 1. The van der Waals surface area contributed by atoms with Gasteiger partial charge >= 0.3 is 0 Å². The first-order chi connectivity index (χ1) is 13.2. The molecule has 0 saturated carbocycles. The van der Waals surface area contributed by atoms with Crippen molar-refractivity contribution in [3.8, 4) is 0 Å². The molecule has 8 nitrogen and oxygen atoms in total. The Kier molecular flexibility index (Phi) is 5.68. The summed E-state index contributed by atoms with van der Waals surface area (Å²) in [5.41, 5.74) is 5.87. The van der Waals surface area contributed by atoms with Crippen LogP contribution in [0.5, 0.6) is 0 Å². The van der Waals surface area contributed by atoms with Crippen molar-refractivity contribution in [2.24, 2.45) is 0 Å². The zero-order valence-electron chi connectivity index (χ0n) is 14.5. The van der Waals surface area contributed by atoms with Gasteiger partial charge in [0, 0.05) is 5.38 Å². The van der Waals surface area contributed by atoms with E-state index >= 15 is 0 Å². The number of anilines is 3. The fourth-order valence-electron chi connectivity index (χ4n) is 2.44. The van der Waals surface area contributed by atoms with Gasteiger partial charge in [-0.2, -0.15) is 0 Å². The zero-order valence-corrected chi connectivity index (χ0v) is 16.9. The summed E-state index contributed by atoms with van der Waals surface area (Å²) >= 11 is 7.32. The molecule has 0 bridgehead atoms. The second-order valence-electron chi connectivity index (χ2n) is 5.75. The first kappa shape index (κ1) is 20.2. The van der Waals surface area contributed by atoms with Crippen LogP contribution in [0.2, 0.25) is 5.02 Å². The second-order valence-corrected chi connectivity index (χ2v) is 8.84. The van der Waals surface area contributed by atoms with Crippen LogP contribution in [0.15, 0.2) is 23.8 Å². The molecule has 0 spiro atoms. The van der Waals surface area contributed by atoms with E-state index in [1.807, 2.05) is 0 Å². The first-order valence-electron chi connectivity index (χ1n) is 8.01. The lowest BCUT2D eigenvalue weighted by Gasteiger charge is -2.13. The molecule has 0 saturated heterocycles. The molecule has 28 heavy (non-hydrogen) atoms. The smallest absolute Gasteiger partial charge is 0.258 e. The number of nitrogens with one attached hydrogen (secondary N) is 2. The molecule has 1 aromatic carbocycles. The molecule has 4 N–H and O–H groups in total. The molecule has 1 amide bonds. The molecule has 0 fully saturated rings. The lowest BCUT2D eigenvalue weighted by Crippen LogP contribution is -2.18. The van der Waals surface area contributed by atoms with Gasteiger partial charge in [-0.05, 0) is 18.6 Å². The number of amides is 1. The minimum absolute atomic E-state index is 0.0337. The summed E-state index contributed by atoms with van der Waals surface area (Å²) in [6.45, 7) is 1.71. The van der Waals surface area contributed by atoms with Crippen LogP contribution < -0.4 is 15.8 Å².